The molecule has 3 heterocycles. The Morgan fingerprint density at radius 3 is 2.68 bits per heavy atom. The second kappa shape index (κ2) is 7.40. The molecule has 2 aliphatic heterocycles. The molecular weight excluding hydrogens is 366 g/mol. The number of amides is 1. The van der Waals surface area contributed by atoms with Crippen LogP contribution < -0.4 is 10.0 Å². The summed E-state index contributed by atoms with van der Waals surface area (Å²) in [5.41, 5.74) is 0.477. The van der Waals surface area contributed by atoms with Crippen molar-refractivity contribution in [2.45, 2.75) is 36.4 Å². The Morgan fingerprint density at radius 2 is 2.00 bits per heavy atom. The van der Waals surface area contributed by atoms with Crippen molar-refractivity contribution in [2.75, 3.05) is 26.2 Å². The Labute approximate surface area is 150 Å². The van der Waals surface area contributed by atoms with Crippen molar-refractivity contribution in [3.05, 3.63) is 16.0 Å². The van der Waals surface area contributed by atoms with Crippen LogP contribution in [0.3, 0.4) is 0 Å². The van der Waals surface area contributed by atoms with Crippen LogP contribution in [0.2, 0.25) is 0 Å². The topological polar surface area (TPSA) is 116 Å². The van der Waals surface area contributed by atoms with E-state index >= 15 is 0 Å². The van der Waals surface area contributed by atoms with Gasteiger partial charge in [-0.25, -0.2) is 17.9 Å². The minimum Gasteiger partial charge on any atom is -0.478 e. The number of sulfonamides is 1. The molecule has 3 rings (SSSR count). The fourth-order valence-corrected chi connectivity index (χ4v) is 6.13. The molecule has 3 N–H and O–H groups in total. The fourth-order valence-electron chi connectivity index (χ4n) is 3.20. The van der Waals surface area contributed by atoms with E-state index < -0.39 is 16.0 Å². The number of hydrogen-bond donors (Lipinski definition) is 3. The number of carboxylic acids is 1. The normalized spacial score (nSPS) is 17.5. The molecule has 1 aromatic rings. The SMILES string of the molecule is O=C(O)c1c(S(=O)(=O)NCCC(=O)N2CCCC2)sc2c1CCNC2. The molecule has 25 heavy (non-hydrogen) atoms. The summed E-state index contributed by atoms with van der Waals surface area (Å²) in [6.07, 6.45) is 2.53. The Hall–Kier alpha value is -1.49. The predicted octanol–water partition coefficient (Wildman–Crippen LogP) is 0.383. The summed E-state index contributed by atoms with van der Waals surface area (Å²) >= 11 is 0.992. The molecule has 0 unspecified atom stereocenters. The number of carbonyl (C=O) groups is 2. The number of rotatable bonds is 6. The molecule has 1 amide bonds. The van der Waals surface area contributed by atoms with E-state index in [1.54, 1.807) is 4.90 Å². The molecule has 8 nitrogen and oxygen atoms in total. The Kier molecular flexibility index (Phi) is 5.42. The van der Waals surface area contributed by atoms with Crippen LogP contribution >= 0.6 is 11.3 Å². The lowest BCUT2D eigenvalue weighted by atomic mass is 10.1. The van der Waals surface area contributed by atoms with Gasteiger partial charge >= 0.3 is 5.97 Å². The molecule has 0 aromatic carbocycles. The van der Waals surface area contributed by atoms with E-state index in [-0.39, 0.29) is 28.6 Å². The lowest BCUT2D eigenvalue weighted by Gasteiger charge is -2.15. The highest BCUT2D eigenvalue weighted by molar-refractivity contribution is 7.91. The van der Waals surface area contributed by atoms with Crippen LogP contribution in [0.5, 0.6) is 0 Å². The van der Waals surface area contributed by atoms with Crippen molar-refractivity contribution < 1.29 is 23.1 Å². The monoisotopic (exact) mass is 387 g/mol. The third kappa shape index (κ3) is 3.86. The van der Waals surface area contributed by atoms with Gasteiger partial charge in [0.1, 0.15) is 4.21 Å². The maximum absolute atomic E-state index is 12.6. The van der Waals surface area contributed by atoms with Gasteiger partial charge in [0.2, 0.25) is 5.91 Å². The van der Waals surface area contributed by atoms with Crippen LogP contribution in [0, 0.1) is 0 Å². The molecule has 1 aromatic heterocycles. The Morgan fingerprint density at radius 1 is 1.28 bits per heavy atom. The molecule has 0 saturated carbocycles. The largest absolute Gasteiger partial charge is 0.478 e. The third-order valence-electron chi connectivity index (χ3n) is 4.44. The lowest BCUT2D eigenvalue weighted by Crippen LogP contribution is -2.33. The summed E-state index contributed by atoms with van der Waals surface area (Å²) in [6.45, 7) is 2.51. The number of carboxylic acid groups (broad SMARTS) is 1. The van der Waals surface area contributed by atoms with Crippen LogP contribution in [0.1, 0.15) is 40.1 Å². The average Bonchev–Trinajstić information content (AvgIpc) is 3.22. The van der Waals surface area contributed by atoms with Gasteiger partial charge in [-0.2, -0.15) is 0 Å². The zero-order valence-electron chi connectivity index (χ0n) is 13.7. The van der Waals surface area contributed by atoms with Gasteiger partial charge in [-0.05, 0) is 31.4 Å². The number of nitrogens with one attached hydrogen (secondary N) is 2. The highest BCUT2D eigenvalue weighted by atomic mass is 32.2. The average molecular weight is 387 g/mol. The first-order valence-electron chi connectivity index (χ1n) is 8.26. The first-order valence-corrected chi connectivity index (χ1v) is 10.6. The predicted molar refractivity (Wildman–Crippen MR) is 92.3 cm³/mol. The van der Waals surface area contributed by atoms with E-state index in [9.17, 15) is 23.1 Å². The molecule has 0 atom stereocenters. The quantitative estimate of drug-likeness (QED) is 0.650. The first-order chi connectivity index (χ1) is 11.9. The standard InChI is InChI=1S/C15H21N3O5S2/c19-12(18-7-1-2-8-18)4-6-17-25(22,23)15-13(14(20)21)10-3-5-16-9-11(10)24-15/h16-17H,1-9H2,(H,20,21). The summed E-state index contributed by atoms with van der Waals surface area (Å²) in [5, 5.41) is 12.6. The summed E-state index contributed by atoms with van der Waals surface area (Å²) in [6, 6.07) is 0. The molecule has 1 saturated heterocycles. The van der Waals surface area contributed by atoms with Gasteiger partial charge in [0.05, 0.1) is 5.56 Å². The van der Waals surface area contributed by atoms with Gasteiger partial charge in [0, 0.05) is 37.5 Å². The zero-order valence-corrected chi connectivity index (χ0v) is 15.3. The number of hydrogen-bond acceptors (Lipinski definition) is 6. The molecular formula is C15H21N3O5S2. The number of likely N-dealkylation sites (tertiary alicyclic amines) is 1. The molecule has 138 valence electrons. The first kappa shape index (κ1) is 18.3. The van der Waals surface area contributed by atoms with Crippen molar-refractivity contribution >= 4 is 33.2 Å². The Balaban J connectivity index is 1.72. The smallest absolute Gasteiger partial charge is 0.338 e. The van der Waals surface area contributed by atoms with Crippen molar-refractivity contribution in [3.8, 4) is 0 Å². The van der Waals surface area contributed by atoms with Gasteiger partial charge < -0.3 is 15.3 Å². The van der Waals surface area contributed by atoms with Gasteiger partial charge in [0.25, 0.3) is 10.0 Å². The highest BCUT2D eigenvalue weighted by Gasteiger charge is 2.31. The van der Waals surface area contributed by atoms with E-state index in [0.29, 0.717) is 25.1 Å². The third-order valence-corrected chi connectivity index (χ3v) is 7.65. The zero-order chi connectivity index (χ0) is 18.0. The van der Waals surface area contributed by atoms with E-state index in [1.807, 2.05) is 0 Å². The van der Waals surface area contributed by atoms with Crippen LogP contribution in [0.4, 0.5) is 0 Å². The number of nitrogens with zero attached hydrogens (tertiary/aromatic N) is 1. The number of thiophene rings is 1. The van der Waals surface area contributed by atoms with Crippen LogP contribution in [0.15, 0.2) is 4.21 Å². The number of carbonyl (C=O) groups excluding carboxylic acids is 1. The Bertz CT molecular complexity index is 781. The highest BCUT2D eigenvalue weighted by Crippen LogP contribution is 2.34. The van der Waals surface area contributed by atoms with E-state index in [0.717, 1.165) is 42.1 Å². The maximum atomic E-state index is 12.6. The maximum Gasteiger partial charge on any atom is 0.338 e. The molecule has 0 bridgehead atoms. The molecule has 2 aliphatic rings. The second-order valence-corrected chi connectivity index (χ2v) is 9.20. The minimum atomic E-state index is -3.96. The van der Waals surface area contributed by atoms with Gasteiger partial charge in [-0.15, -0.1) is 11.3 Å². The lowest BCUT2D eigenvalue weighted by molar-refractivity contribution is -0.129. The minimum absolute atomic E-state index is 0.0302. The molecule has 0 radical (unpaired) electrons. The van der Waals surface area contributed by atoms with Gasteiger partial charge in [0.15, 0.2) is 0 Å². The number of fused-ring (bicyclic) bond motifs is 1. The van der Waals surface area contributed by atoms with Crippen molar-refractivity contribution in [1.29, 1.82) is 0 Å². The summed E-state index contributed by atoms with van der Waals surface area (Å²) in [4.78, 5) is 26.1. The molecule has 1 fully saturated rings. The fraction of sp³-hybridized carbons (Fsp3) is 0.600. The van der Waals surface area contributed by atoms with E-state index in [4.69, 9.17) is 0 Å². The second-order valence-electron chi connectivity index (χ2n) is 6.13. The summed E-state index contributed by atoms with van der Waals surface area (Å²) in [5.74, 6) is -1.30. The van der Waals surface area contributed by atoms with Gasteiger partial charge in [-0.1, -0.05) is 0 Å². The summed E-state index contributed by atoms with van der Waals surface area (Å²) < 4.78 is 27.4. The number of aromatic carboxylic acids is 1. The van der Waals surface area contributed by atoms with Crippen molar-refractivity contribution in [3.63, 3.8) is 0 Å². The van der Waals surface area contributed by atoms with Crippen LogP contribution in [-0.4, -0.2) is 56.5 Å². The van der Waals surface area contributed by atoms with Gasteiger partial charge in [-0.3, -0.25) is 4.79 Å². The van der Waals surface area contributed by atoms with Crippen molar-refractivity contribution in [2.24, 2.45) is 0 Å². The molecule has 0 aliphatic carbocycles. The van der Waals surface area contributed by atoms with Crippen LogP contribution in [0.25, 0.3) is 0 Å². The molecule has 0 spiro atoms. The van der Waals surface area contributed by atoms with Crippen LogP contribution in [-0.2, 0) is 27.8 Å². The molecule has 10 heteroatoms. The summed E-state index contributed by atoms with van der Waals surface area (Å²) in [7, 11) is -3.96. The van der Waals surface area contributed by atoms with E-state index in [1.165, 1.54) is 0 Å². The van der Waals surface area contributed by atoms with E-state index in [2.05, 4.69) is 10.0 Å². The van der Waals surface area contributed by atoms with Crippen molar-refractivity contribution in [1.82, 2.24) is 14.9 Å².